The summed E-state index contributed by atoms with van der Waals surface area (Å²) in [6, 6.07) is 0. The summed E-state index contributed by atoms with van der Waals surface area (Å²) in [7, 11) is 0. The number of hydrogen-bond acceptors (Lipinski definition) is 10. The summed E-state index contributed by atoms with van der Waals surface area (Å²) >= 11 is 8.35. The molecule has 1 heterocycles. The first-order chi connectivity index (χ1) is 33.8. The van der Waals surface area contributed by atoms with E-state index < -0.39 is 0 Å². The summed E-state index contributed by atoms with van der Waals surface area (Å²) in [6.07, 6.45) is 50.9. The Bertz CT molecular complexity index is 1120. The van der Waals surface area contributed by atoms with E-state index in [4.69, 9.17) is 15.9 Å². The maximum absolute atomic E-state index is 13.2. The van der Waals surface area contributed by atoms with Crippen LogP contribution in [0.4, 0.5) is 0 Å². The van der Waals surface area contributed by atoms with Gasteiger partial charge in [0.2, 0.25) is 0 Å². The van der Waals surface area contributed by atoms with Crippen molar-refractivity contribution >= 4 is 65.2 Å². The molecule has 0 bridgehead atoms. The number of carbonyl (C=O) groups is 2. The lowest BCUT2D eigenvalue weighted by Crippen LogP contribution is -2.41. The minimum absolute atomic E-state index is 0.0319. The third-order valence-corrected chi connectivity index (χ3v) is 19.5. The molecule has 0 spiro atoms. The standard InChI is InChI=1S/C53H103NO4S4.C6H7N/c1-6-11-16-20-24-28-45-59-51(60-46-29-25-21-17-12-7-2)34-32-49(55)57-43-38-53(36-41-54(42-37-53)40-15-10-5)39-44-58-50(56)33-35-52(61-47-30-26-22-18-13-8-3)62-48-31-27-23-19-14-9-4;1-3-5-7-6-4-2/h51-52H,6-48H2,1-5H3;1,4-6H,2H3/b;6-4-,7-5?. The van der Waals surface area contributed by atoms with Gasteiger partial charge < -0.3 is 14.4 Å². The quantitative estimate of drug-likeness (QED) is 0.0195. The van der Waals surface area contributed by atoms with Gasteiger partial charge in [0, 0.05) is 19.0 Å². The first kappa shape index (κ1) is 68.3. The topological polar surface area (TPSA) is 68.2 Å². The molecule has 0 radical (unpaired) electrons. The Hall–Kier alpha value is -0.730. The van der Waals surface area contributed by atoms with Gasteiger partial charge in [0.25, 0.3) is 0 Å². The average molecular weight is 1040 g/mol. The number of nitrogens with zero attached hydrogens (tertiary/aromatic N) is 2. The highest BCUT2D eigenvalue weighted by atomic mass is 32.2. The Balaban J connectivity index is 0.00000609. The Kier molecular flexibility index (Phi) is 53.0. The first-order valence-corrected chi connectivity index (χ1v) is 33.1. The van der Waals surface area contributed by atoms with E-state index in [1.54, 1.807) is 6.20 Å². The summed E-state index contributed by atoms with van der Waals surface area (Å²) in [5.41, 5.74) is 0.0638. The highest BCUT2D eigenvalue weighted by Gasteiger charge is 2.35. The molecule has 0 aromatic carbocycles. The third kappa shape index (κ3) is 45.6. The molecule has 1 rings (SSSR count). The Morgan fingerprint density at radius 2 is 0.913 bits per heavy atom. The smallest absolute Gasteiger partial charge is 0.305 e. The molecule has 404 valence electrons. The number of piperidine rings is 1. The zero-order chi connectivity index (χ0) is 50.6. The highest BCUT2D eigenvalue weighted by Crippen LogP contribution is 2.39. The van der Waals surface area contributed by atoms with Gasteiger partial charge in [-0.1, -0.05) is 181 Å². The summed E-state index contributed by atoms with van der Waals surface area (Å²) < 4.78 is 13.0. The van der Waals surface area contributed by atoms with Crippen LogP contribution in [0.2, 0.25) is 0 Å². The van der Waals surface area contributed by atoms with Crippen LogP contribution < -0.4 is 0 Å². The molecule has 10 heteroatoms. The van der Waals surface area contributed by atoms with E-state index in [1.807, 2.05) is 13.0 Å². The van der Waals surface area contributed by atoms with Crippen LogP contribution in [0, 0.1) is 17.8 Å². The average Bonchev–Trinajstić information content (AvgIpc) is 3.35. The minimum Gasteiger partial charge on any atom is -0.466 e. The number of esters is 2. The van der Waals surface area contributed by atoms with Crippen LogP contribution in [0.3, 0.4) is 0 Å². The van der Waals surface area contributed by atoms with Crippen LogP contribution in [0.5, 0.6) is 0 Å². The number of terminal acetylenes is 1. The van der Waals surface area contributed by atoms with Crippen LogP contribution in [0.1, 0.15) is 260 Å². The van der Waals surface area contributed by atoms with Gasteiger partial charge >= 0.3 is 11.9 Å². The lowest BCUT2D eigenvalue weighted by atomic mass is 9.73. The highest BCUT2D eigenvalue weighted by molar-refractivity contribution is 8.17. The monoisotopic (exact) mass is 1040 g/mol. The molecule has 0 aliphatic carbocycles. The van der Waals surface area contributed by atoms with Crippen LogP contribution in [-0.2, 0) is 19.1 Å². The van der Waals surface area contributed by atoms with Crippen LogP contribution >= 0.6 is 47.0 Å². The van der Waals surface area contributed by atoms with E-state index >= 15 is 0 Å². The Morgan fingerprint density at radius 3 is 1.25 bits per heavy atom. The molecule has 1 fully saturated rings. The second-order valence-corrected chi connectivity index (χ2v) is 25.4. The molecule has 1 saturated heterocycles. The number of allylic oxidation sites excluding steroid dienone is 1. The molecule has 0 N–H and O–H groups in total. The maximum atomic E-state index is 13.2. The van der Waals surface area contributed by atoms with Crippen LogP contribution in [0.15, 0.2) is 17.3 Å². The van der Waals surface area contributed by atoms with Gasteiger partial charge in [-0.2, -0.15) is 0 Å². The van der Waals surface area contributed by atoms with Gasteiger partial charge in [-0.25, -0.2) is 0 Å². The van der Waals surface area contributed by atoms with Crippen molar-refractivity contribution in [2.24, 2.45) is 10.4 Å². The van der Waals surface area contributed by atoms with Crippen LogP contribution in [-0.4, -0.2) is 88.1 Å². The number of carbonyl (C=O) groups excluding carboxylic acids is 2. The number of hydrogen-bond donors (Lipinski definition) is 0. The SMILES string of the molecule is C#CC=N/C=C\C.CCCCCCCCSC(CCC(=O)OCCC1(CCOC(=O)CCC(SCCCCCCCC)SCCCCCCCC)CCN(CCCC)CC1)SCCCCCCCC. The summed E-state index contributed by atoms with van der Waals surface area (Å²) in [4.78, 5) is 32.7. The largest absolute Gasteiger partial charge is 0.466 e. The fourth-order valence-corrected chi connectivity index (χ4v) is 14.2. The van der Waals surface area contributed by atoms with Gasteiger partial charge in [0.15, 0.2) is 0 Å². The van der Waals surface area contributed by atoms with E-state index in [-0.39, 0.29) is 17.4 Å². The summed E-state index contributed by atoms with van der Waals surface area (Å²) in [5.74, 6) is 7.01. The number of ether oxygens (including phenoxy) is 2. The van der Waals surface area contributed by atoms with Crippen molar-refractivity contribution in [3.63, 3.8) is 0 Å². The molecule has 1 aliphatic rings. The van der Waals surface area contributed by atoms with Crippen molar-refractivity contribution in [3.05, 3.63) is 12.3 Å². The van der Waals surface area contributed by atoms with Gasteiger partial charge in [-0.3, -0.25) is 14.6 Å². The normalized spacial score (nSPS) is 13.9. The van der Waals surface area contributed by atoms with Crippen molar-refractivity contribution in [2.45, 2.75) is 269 Å². The molecule has 0 aromatic heterocycles. The van der Waals surface area contributed by atoms with Crippen molar-refractivity contribution in [2.75, 3.05) is 55.9 Å². The number of unbranched alkanes of at least 4 members (excludes halogenated alkanes) is 21. The maximum Gasteiger partial charge on any atom is 0.305 e. The van der Waals surface area contributed by atoms with E-state index in [0.29, 0.717) is 35.2 Å². The first-order valence-electron chi connectivity index (χ1n) is 28.9. The molecule has 6 nitrogen and oxygen atoms in total. The lowest BCUT2D eigenvalue weighted by molar-refractivity contribution is -0.145. The fourth-order valence-electron chi connectivity index (χ4n) is 8.63. The van der Waals surface area contributed by atoms with Crippen molar-refractivity contribution in [3.8, 4) is 12.3 Å². The molecule has 69 heavy (non-hydrogen) atoms. The Morgan fingerprint density at radius 1 is 0.565 bits per heavy atom. The number of aliphatic imine (C=N–C) groups is 1. The molecule has 0 amide bonds. The molecular formula is C59H110N2O4S4. The molecule has 0 atom stereocenters. The second kappa shape index (κ2) is 53.6. The summed E-state index contributed by atoms with van der Waals surface area (Å²) in [5, 5.41) is 0. The number of likely N-dealkylation sites (tertiary alicyclic amines) is 1. The molecule has 1 aliphatic heterocycles. The van der Waals surface area contributed by atoms with Crippen molar-refractivity contribution in [1.82, 2.24) is 4.90 Å². The van der Waals surface area contributed by atoms with E-state index in [2.05, 4.69) is 97.5 Å². The fraction of sp³-hybridized carbons (Fsp3) is 0.881. The molecular weight excluding hydrogens is 929 g/mol. The van der Waals surface area contributed by atoms with Gasteiger partial charge in [0.05, 0.1) is 28.6 Å². The van der Waals surface area contributed by atoms with Crippen molar-refractivity contribution in [1.29, 1.82) is 0 Å². The Labute approximate surface area is 446 Å². The predicted octanol–water partition coefficient (Wildman–Crippen LogP) is 18.5. The van der Waals surface area contributed by atoms with Gasteiger partial charge in [-0.15, -0.1) is 53.5 Å². The molecule has 0 saturated carbocycles. The lowest BCUT2D eigenvalue weighted by Gasteiger charge is -2.42. The van der Waals surface area contributed by atoms with Crippen molar-refractivity contribution < 1.29 is 19.1 Å². The van der Waals surface area contributed by atoms with Gasteiger partial charge in [0.1, 0.15) is 0 Å². The van der Waals surface area contributed by atoms with E-state index in [0.717, 1.165) is 51.6 Å². The zero-order valence-corrected chi connectivity index (χ0v) is 49.3. The van der Waals surface area contributed by atoms with E-state index in [1.165, 1.54) is 203 Å². The van der Waals surface area contributed by atoms with E-state index in [9.17, 15) is 9.59 Å². The third-order valence-electron chi connectivity index (χ3n) is 13.3. The molecule has 0 aromatic rings. The van der Waals surface area contributed by atoms with Gasteiger partial charge in [-0.05, 0) is 126 Å². The molecule has 0 unspecified atom stereocenters. The predicted molar refractivity (Wildman–Crippen MR) is 316 cm³/mol. The zero-order valence-electron chi connectivity index (χ0n) is 46.0. The minimum atomic E-state index is -0.0319. The summed E-state index contributed by atoms with van der Waals surface area (Å²) in [6.45, 7) is 17.6. The number of thioether (sulfide) groups is 4. The number of rotatable bonds is 48. The van der Waals surface area contributed by atoms with Crippen LogP contribution in [0.25, 0.3) is 0 Å². The second-order valence-electron chi connectivity index (χ2n) is 19.6.